The lowest BCUT2D eigenvalue weighted by Crippen LogP contribution is -2.18. The number of hydrogen-bond donors (Lipinski definition) is 2. The monoisotopic (exact) mass is 276 g/mol. The van der Waals surface area contributed by atoms with Gasteiger partial charge in [-0.1, -0.05) is 12.1 Å². The van der Waals surface area contributed by atoms with Crippen LogP contribution in [0.4, 0.5) is 10.1 Å². The quantitative estimate of drug-likeness (QED) is 0.875. The number of nitrogens with zero attached hydrogens (tertiary/aromatic N) is 2. The Morgan fingerprint density at radius 3 is 2.90 bits per heavy atom. The van der Waals surface area contributed by atoms with Crippen molar-refractivity contribution in [2.24, 2.45) is 5.73 Å². The predicted octanol–water partition coefficient (Wildman–Crippen LogP) is 1.07. The minimum atomic E-state index is -0.579. The first kappa shape index (κ1) is 13.7. The Kier molecular flexibility index (Phi) is 3.79. The summed E-state index contributed by atoms with van der Waals surface area (Å²) in [6, 6.07) is 4.58. The molecule has 0 saturated carbocycles. The summed E-state index contributed by atoms with van der Waals surface area (Å²) >= 11 is 0. The van der Waals surface area contributed by atoms with Crippen molar-refractivity contribution in [1.29, 1.82) is 0 Å². The number of nitrogens with one attached hydrogen (secondary N) is 1. The Bertz CT molecular complexity index is 666. The highest BCUT2D eigenvalue weighted by Gasteiger charge is 2.14. The zero-order chi connectivity index (χ0) is 14.7. The number of benzene rings is 1. The highest BCUT2D eigenvalue weighted by molar-refractivity contribution is 6.04. The van der Waals surface area contributed by atoms with E-state index in [0.29, 0.717) is 11.3 Å². The summed E-state index contributed by atoms with van der Waals surface area (Å²) in [7, 11) is 0. The topological polar surface area (TPSA) is 90.0 Å². The van der Waals surface area contributed by atoms with Gasteiger partial charge < -0.3 is 11.1 Å². The molecule has 0 aliphatic heterocycles. The molecule has 0 fully saturated rings. The Balaban J connectivity index is 2.13. The first-order valence-electron chi connectivity index (χ1n) is 5.84. The summed E-state index contributed by atoms with van der Waals surface area (Å²) < 4.78 is 15.1. The molecule has 0 bridgehead atoms. The average Bonchev–Trinajstić information content (AvgIpc) is 2.79. The van der Waals surface area contributed by atoms with Crippen molar-refractivity contribution in [2.75, 3.05) is 5.32 Å². The van der Waals surface area contributed by atoms with Crippen molar-refractivity contribution in [1.82, 2.24) is 9.78 Å². The number of amides is 2. The minimum Gasteiger partial charge on any atom is -0.368 e. The standard InChI is InChI=1S/C13H13FN4O2/c1-8-3-2-4-10(12(8)14)13(20)17-9-5-16-18(6-9)7-11(15)19/h2-6H,7H2,1H3,(H2,15,19)(H,17,20). The lowest BCUT2D eigenvalue weighted by Gasteiger charge is -2.05. The van der Waals surface area contributed by atoms with Gasteiger partial charge in [0.15, 0.2) is 0 Å². The zero-order valence-electron chi connectivity index (χ0n) is 10.8. The van der Waals surface area contributed by atoms with Gasteiger partial charge in [0.05, 0.1) is 17.4 Å². The van der Waals surface area contributed by atoms with E-state index in [1.54, 1.807) is 19.1 Å². The van der Waals surface area contributed by atoms with Gasteiger partial charge in [0, 0.05) is 6.20 Å². The number of anilines is 1. The molecule has 1 aromatic carbocycles. The summed E-state index contributed by atoms with van der Waals surface area (Å²) in [5, 5.41) is 6.36. The van der Waals surface area contributed by atoms with Crippen molar-refractivity contribution in [3.8, 4) is 0 Å². The van der Waals surface area contributed by atoms with E-state index >= 15 is 0 Å². The molecule has 0 spiro atoms. The minimum absolute atomic E-state index is 0.0485. The van der Waals surface area contributed by atoms with E-state index in [2.05, 4.69) is 10.4 Å². The molecule has 1 aromatic heterocycles. The molecule has 0 aliphatic carbocycles. The van der Waals surface area contributed by atoms with Gasteiger partial charge in [-0.25, -0.2) is 4.39 Å². The molecule has 0 radical (unpaired) electrons. The van der Waals surface area contributed by atoms with Crippen molar-refractivity contribution >= 4 is 17.5 Å². The van der Waals surface area contributed by atoms with E-state index in [1.165, 1.54) is 23.1 Å². The van der Waals surface area contributed by atoms with Crippen LogP contribution >= 0.6 is 0 Å². The van der Waals surface area contributed by atoms with Crippen LogP contribution in [0.5, 0.6) is 0 Å². The molecule has 2 aromatic rings. The Hall–Kier alpha value is -2.70. The number of hydrogen-bond acceptors (Lipinski definition) is 3. The van der Waals surface area contributed by atoms with Gasteiger partial charge in [0.25, 0.3) is 5.91 Å². The molecule has 0 aliphatic rings. The molecule has 20 heavy (non-hydrogen) atoms. The van der Waals surface area contributed by atoms with Gasteiger partial charge in [-0.05, 0) is 18.6 Å². The van der Waals surface area contributed by atoms with Crippen LogP contribution in [0.2, 0.25) is 0 Å². The number of halogens is 1. The second-order valence-corrected chi connectivity index (χ2v) is 4.28. The van der Waals surface area contributed by atoms with Crippen molar-refractivity contribution < 1.29 is 14.0 Å². The molecule has 3 N–H and O–H groups in total. The van der Waals surface area contributed by atoms with E-state index in [-0.39, 0.29) is 12.1 Å². The zero-order valence-corrected chi connectivity index (χ0v) is 10.8. The molecule has 7 heteroatoms. The largest absolute Gasteiger partial charge is 0.368 e. The third-order valence-corrected chi connectivity index (χ3v) is 2.65. The summed E-state index contributed by atoms with van der Waals surface area (Å²) in [5.74, 6) is -1.69. The second-order valence-electron chi connectivity index (χ2n) is 4.28. The number of nitrogens with two attached hydrogens (primary N) is 1. The van der Waals surface area contributed by atoms with Crippen LogP contribution in [0, 0.1) is 12.7 Å². The van der Waals surface area contributed by atoms with E-state index in [4.69, 9.17) is 5.73 Å². The fourth-order valence-corrected chi connectivity index (χ4v) is 1.70. The highest BCUT2D eigenvalue weighted by Crippen LogP contribution is 2.14. The van der Waals surface area contributed by atoms with Gasteiger partial charge >= 0.3 is 0 Å². The Morgan fingerprint density at radius 1 is 1.45 bits per heavy atom. The summed E-state index contributed by atoms with van der Waals surface area (Å²) in [6.07, 6.45) is 2.80. The van der Waals surface area contributed by atoms with E-state index in [0.717, 1.165) is 0 Å². The molecule has 2 rings (SSSR count). The number of aryl methyl sites for hydroxylation is 1. The van der Waals surface area contributed by atoms with Crippen LogP contribution in [0.25, 0.3) is 0 Å². The molecule has 6 nitrogen and oxygen atoms in total. The molecule has 1 heterocycles. The lowest BCUT2D eigenvalue weighted by molar-refractivity contribution is -0.118. The third-order valence-electron chi connectivity index (χ3n) is 2.65. The van der Waals surface area contributed by atoms with E-state index in [1.807, 2.05) is 0 Å². The third kappa shape index (κ3) is 3.00. The first-order valence-corrected chi connectivity index (χ1v) is 5.84. The molecule has 0 saturated heterocycles. The molecule has 2 amide bonds. The van der Waals surface area contributed by atoms with Crippen LogP contribution in [0.3, 0.4) is 0 Å². The van der Waals surface area contributed by atoms with Gasteiger partial charge in [0.2, 0.25) is 5.91 Å². The number of rotatable bonds is 4. The van der Waals surface area contributed by atoms with Crippen molar-refractivity contribution in [3.63, 3.8) is 0 Å². The first-order chi connectivity index (χ1) is 9.47. The van der Waals surface area contributed by atoms with Gasteiger partial charge in [-0.2, -0.15) is 5.10 Å². The van der Waals surface area contributed by atoms with Gasteiger partial charge in [-0.3, -0.25) is 14.3 Å². The van der Waals surface area contributed by atoms with Gasteiger partial charge in [-0.15, -0.1) is 0 Å². The van der Waals surface area contributed by atoms with E-state index < -0.39 is 17.6 Å². The molecular formula is C13H13FN4O2. The molecule has 0 atom stereocenters. The average molecular weight is 276 g/mol. The lowest BCUT2D eigenvalue weighted by atomic mass is 10.1. The predicted molar refractivity (Wildman–Crippen MR) is 70.5 cm³/mol. The van der Waals surface area contributed by atoms with E-state index in [9.17, 15) is 14.0 Å². The Morgan fingerprint density at radius 2 is 2.20 bits per heavy atom. The van der Waals surface area contributed by atoms with Gasteiger partial charge in [0.1, 0.15) is 12.4 Å². The van der Waals surface area contributed by atoms with Crippen molar-refractivity contribution in [3.05, 3.63) is 47.5 Å². The number of carbonyl (C=O) groups is 2. The molecule has 0 unspecified atom stereocenters. The molecular weight excluding hydrogens is 263 g/mol. The Labute approximate surface area is 114 Å². The van der Waals surface area contributed by atoms with Crippen molar-refractivity contribution in [2.45, 2.75) is 13.5 Å². The second kappa shape index (κ2) is 5.52. The number of carbonyl (C=O) groups excluding carboxylic acids is 2. The van der Waals surface area contributed by atoms with Crippen LogP contribution in [0.1, 0.15) is 15.9 Å². The smallest absolute Gasteiger partial charge is 0.258 e. The van der Waals surface area contributed by atoms with Crippen LogP contribution in [0.15, 0.2) is 30.6 Å². The summed E-state index contributed by atoms with van der Waals surface area (Å²) in [4.78, 5) is 22.7. The van der Waals surface area contributed by atoms with Crippen LogP contribution in [-0.4, -0.2) is 21.6 Å². The fourth-order valence-electron chi connectivity index (χ4n) is 1.70. The maximum Gasteiger partial charge on any atom is 0.258 e. The maximum atomic E-state index is 13.8. The maximum absolute atomic E-state index is 13.8. The summed E-state index contributed by atoms with van der Waals surface area (Å²) in [6.45, 7) is 1.49. The highest BCUT2D eigenvalue weighted by atomic mass is 19.1. The number of aromatic nitrogens is 2. The summed E-state index contributed by atoms with van der Waals surface area (Å²) in [5.41, 5.74) is 5.73. The fraction of sp³-hybridized carbons (Fsp3) is 0.154. The van der Waals surface area contributed by atoms with Crippen LogP contribution < -0.4 is 11.1 Å². The molecule has 104 valence electrons. The normalized spacial score (nSPS) is 10.3. The SMILES string of the molecule is Cc1cccc(C(=O)Nc2cnn(CC(N)=O)c2)c1F. The number of primary amides is 1. The van der Waals surface area contributed by atoms with Crippen LogP contribution in [-0.2, 0) is 11.3 Å².